The van der Waals surface area contributed by atoms with Gasteiger partial charge in [-0.2, -0.15) is 0 Å². The second-order valence-corrected chi connectivity index (χ2v) is 8.97. The van der Waals surface area contributed by atoms with Crippen molar-refractivity contribution in [2.24, 2.45) is 0 Å². The van der Waals surface area contributed by atoms with Crippen LogP contribution in [0.4, 0.5) is 0 Å². The van der Waals surface area contributed by atoms with E-state index >= 15 is 0 Å². The normalized spacial score (nSPS) is 11.4. The Morgan fingerprint density at radius 3 is 1.69 bits per heavy atom. The molecule has 0 bridgehead atoms. The molecule has 0 aliphatic rings. The summed E-state index contributed by atoms with van der Waals surface area (Å²) in [4.78, 5) is 24.3. The molecular weight excluding hydrogens is 494 g/mol. The Bertz CT molecular complexity index is 1330. The highest BCUT2D eigenvalue weighted by atomic mass is 16.5. The molecule has 0 heterocycles. The van der Waals surface area contributed by atoms with Crippen molar-refractivity contribution in [3.8, 4) is 11.5 Å². The van der Waals surface area contributed by atoms with Gasteiger partial charge in [0.15, 0.2) is 11.5 Å². The second-order valence-electron chi connectivity index (χ2n) is 8.97. The van der Waals surface area contributed by atoms with E-state index < -0.39 is 17.9 Å². The van der Waals surface area contributed by atoms with Crippen LogP contribution in [0.2, 0.25) is 0 Å². The van der Waals surface area contributed by atoms with Gasteiger partial charge in [-0.1, -0.05) is 97.1 Å². The largest absolute Gasteiger partial charge is 0.485 e. The van der Waals surface area contributed by atoms with Gasteiger partial charge in [0.25, 0.3) is 0 Å². The van der Waals surface area contributed by atoms with Gasteiger partial charge < -0.3 is 24.6 Å². The molecule has 1 amide bonds. The first kappa shape index (κ1) is 27.4. The topological polar surface area (TPSA) is 94.1 Å². The first-order valence-corrected chi connectivity index (χ1v) is 12.7. The van der Waals surface area contributed by atoms with E-state index in [2.05, 4.69) is 5.32 Å². The van der Waals surface area contributed by atoms with Crippen LogP contribution >= 0.6 is 0 Å². The zero-order valence-electron chi connectivity index (χ0n) is 21.5. The van der Waals surface area contributed by atoms with Crippen LogP contribution in [0, 0.1) is 0 Å². The number of ether oxygens (including phenoxy) is 3. The van der Waals surface area contributed by atoms with Gasteiger partial charge in [-0.05, 0) is 34.4 Å². The Hall–Kier alpha value is -4.62. The number of carboxylic acids is 1. The van der Waals surface area contributed by atoms with Crippen LogP contribution < -0.4 is 14.8 Å². The lowest BCUT2D eigenvalue weighted by Crippen LogP contribution is -2.43. The van der Waals surface area contributed by atoms with E-state index in [1.165, 1.54) is 0 Å². The fraction of sp³-hybridized carbons (Fsp3) is 0.188. The average Bonchev–Trinajstić information content (AvgIpc) is 2.97. The fourth-order valence-electron chi connectivity index (χ4n) is 3.89. The SMILES string of the molecule is O=C(COCc1ccccc1)N[C@@H](Cc1ccc(OCc2ccccc2)c(OCc2ccccc2)c1)C(=O)O. The van der Waals surface area contributed by atoms with E-state index in [9.17, 15) is 14.7 Å². The summed E-state index contributed by atoms with van der Waals surface area (Å²) >= 11 is 0. The Kier molecular flexibility index (Phi) is 10.1. The Morgan fingerprint density at radius 1 is 0.641 bits per heavy atom. The summed E-state index contributed by atoms with van der Waals surface area (Å²) in [5.74, 6) is -0.595. The maximum atomic E-state index is 12.4. The molecule has 200 valence electrons. The molecule has 1 atom stereocenters. The number of benzene rings is 4. The zero-order valence-corrected chi connectivity index (χ0v) is 21.5. The number of aliphatic carboxylic acids is 1. The molecule has 0 saturated carbocycles. The molecule has 4 aromatic rings. The van der Waals surface area contributed by atoms with Crippen molar-refractivity contribution in [2.45, 2.75) is 32.3 Å². The fourth-order valence-corrected chi connectivity index (χ4v) is 3.89. The van der Waals surface area contributed by atoms with E-state index in [0.717, 1.165) is 16.7 Å². The van der Waals surface area contributed by atoms with E-state index in [1.807, 2.05) is 91.0 Å². The summed E-state index contributed by atoms with van der Waals surface area (Å²) in [6.45, 7) is 0.706. The zero-order chi connectivity index (χ0) is 27.3. The highest BCUT2D eigenvalue weighted by Gasteiger charge is 2.21. The van der Waals surface area contributed by atoms with Crippen molar-refractivity contribution in [3.63, 3.8) is 0 Å². The van der Waals surface area contributed by atoms with Crippen LogP contribution in [0.15, 0.2) is 109 Å². The molecule has 7 nitrogen and oxygen atoms in total. The Balaban J connectivity index is 1.41. The van der Waals surface area contributed by atoms with Crippen molar-refractivity contribution >= 4 is 11.9 Å². The number of hydrogen-bond donors (Lipinski definition) is 2. The molecule has 0 fully saturated rings. The third-order valence-corrected chi connectivity index (χ3v) is 5.90. The average molecular weight is 526 g/mol. The van der Waals surface area contributed by atoms with E-state index in [-0.39, 0.29) is 19.6 Å². The van der Waals surface area contributed by atoms with Crippen molar-refractivity contribution in [3.05, 3.63) is 131 Å². The highest BCUT2D eigenvalue weighted by molar-refractivity contribution is 5.84. The number of carbonyl (C=O) groups excluding carboxylic acids is 1. The van der Waals surface area contributed by atoms with Gasteiger partial charge in [-0.15, -0.1) is 0 Å². The predicted octanol–water partition coefficient (Wildman–Crippen LogP) is 5.17. The molecular formula is C32H31NO6. The van der Waals surface area contributed by atoms with Crippen LogP contribution in [-0.2, 0) is 40.6 Å². The lowest BCUT2D eigenvalue weighted by molar-refractivity contribution is -0.142. The van der Waals surface area contributed by atoms with Crippen molar-refractivity contribution < 1.29 is 28.9 Å². The molecule has 0 unspecified atom stereocenters. The molecule has 4 rings (SSSR count). The summed E-state index contributed by atoms with van der Waals surface area (Å²) in [6.07, 6.45) is 0.0699. The molecule has 0 aliphatic carbocycles. The van der Waals surface area contributed by atoms with Crippen LogP contribution in [-0.4, -0.2) is 29.6 Å². The highest BCUT2D eigenvalue weighted by Crippen LogP contribution is 2.30. The number of rotatable bonds is 14. The van der Waals surface area contributed by atoms with E-state index in [0.29, 0.717) is 30.3 Å². The maximum absolute atomic E-state index is 12.4. The molecule has 0 radical (unpaired) electrons. The third-order valence-electron chi connectivity index (χ3n) is 5.90. The van der Waals surface area contributed by atoms with Gasteiger partial charge in [0.2, 0.25) is 5.91 Å². The second kappa shape index (κ2) is 14.4. The predicted molar refractivity (Wildman–Crippen MR) is 147 cm³/mol. The number of hydrogen-bond acceptors (Lipinski definition) is 5. The van der Waals surface area contributed by atoms with Crippen molar-refractivity contribution in [1.29, 1.82) is 0 Å². The number of nitrogens with one attached hydrogen (secondary N) is 1. The molecule has 2 N–H and O–H groups in total. The van der Waals surface area contributed by atoms with Gasteiger partial charge in [-0.3, -0.25) is 4.79 Å². The minimum Gasteiger partial charge on any atom is -0.485 e. The lowest BCUT2D eigenvalue weighted by atomic mass is 10.1. The summed E-state index contributed by atoms with van der Waals surface area (Å²) in [5.41, 5.74) is 3.61. The summed E-state index contributed by atoms with van der Waals surface area (Å²) in [7, 11) is 0. The molecule has 7 heteroatoms. The molecule has 0 aliphatic heterocycles. The molecule has 0 saturated heterocycles. The third kappa shape index (κ3) is 9.02. The van der Waals surface area contributed by atoms with Crippen LogP contribution in [0.5, 0.6) is 11.5 Å². The molecule has 39 heavy (non-hydrogen) atoms. The minimum atomic E-state index is -1.14. The van der Waals surface area contributed by atoms with Crippen molar-refractivity contribution in [1.82, 2.24) is 5.32 Å². The van der Waals surface area contributed by atoms with E-state index in [1.54, 1.807) is 18.2 Å². The van der Waals surface area contributed by atoms with Gasteiger partial charge in [0.1, 0.15) is 25.9 Å². The lowest BCUT2D eigenvalue weighted by Gasteiger charge is -2.17. The van der Waals surface area contributed by atoms with Crippen LogP contribution in [0.1, 0.15) is 22.3 Å². The summed E-state index contributed by atoms with van der Waals surface area (Å²) < 4.78 is 17.6. The molecule has 4 aromatic carbocycles. The van der Waals surface area contributed by atoms with Crippen molar-refractivity contribution in [2.75, 3.05) is 6.61 Å². The smallest absolute Gasteiger partial charge is 0.326 e. The van der Waals surface area contributed by atoms with Crippen LogP contribution in [0.3, 0.4) is 0 Å². The molecule has 0 aromatic heterocycles. The summed E-state index contributed by atoms with van der Waals surface area (Å²) in [5, 5.41) is 12.3. The first-order valence-electron chi connectivity index (χ1n) is 12.7. The van der Waals surface area contributed by atoms with Gasteiger partial charge in [0, 0.05) is 6.42 Å². The van der Waals surface area contributed by atoms with Gasteiger partial charge in [0.05, 0.1) is 6.61 Å². The molecule has 0 spiro atoms. The van der Waals surface area contributed by atoms with Gasteiger partial charge >= 0.3 is 5.97 Å². The standard InChI is InChI=1S/C32H31NO6/c34-31(23-37-20-24-10-4-1-5-11-24)33-28(32(35)36)18-27-16-17-29(38-21-25-12-6-2-7-13-25)30(19-27)39-22-26-14-8-3-9-15-26/h1-17,19,28H,18,20-23H2,(H,33,34)(H,35,36)/t28-/m0/s1. The van der Waals surface area contributed by atoms with E-state index in [4.69, 9.17) is 14.2 Å². The number of carboxylic acid groups (broad SMARTS) is 1. The monoisotopic (exact) mass is 525 g/mol. The quantitative estimate of drug-likeness (QED) is 0.236. The number of carbonyl (C=O) groups is 2. The van der Waals surface area contributed by atoms with Gasteiger partial charge in [-0.25, -0.2) is 4.79 Å². The minimum absolute atomic E-state index is 0.0699. The first-order chi connectivity index (χ1) is 19.1. The number of amides is 1. The van der Waals surface area contributed by atoms with Crippen LogP contribution in [0.25, 0.3) is 0 Å². The summed E-state index contributed by atoms with van der Waals surface area (Å²) in [6, 6.07) is 33.1. The maximum Gasteiger partial charge on any atom is 0.326 e. The Labute approximate surface area is 228 Å². The Morgan fingerprint density at radius 2 is 1.15 bits per heavy atom.